The molecule has 0 atom stereocenters. The van der Waals surface area contributed by atoms with E-state index in [0.29, 0.717) is 19.5 Å². The molecule has 0 unspecified atom stereocenters. The summed E-state index contributed by atoms with van der Waals surface area (Å²) in [5.74, 6) is -0.0611. The largest absolute Gasteiger partial charge is 0.326 e. The predicted octanol–water partition coefficient (Wildman–Crippen LogP) is 1.46. The van der Waals surface area contributed by atoms with Crippen molar-refractivity contribution in [3.8, 4) is 0 Å². The Morgan fingerprint density at radius 3 is 2.64 bits per heavy atom. The molecule has 3 amide bonds. The molecule has 80 valence electrons. The zero-order valence-electron chi connectivity index (χ0n) is 8.95. The first-order valence-corrected chi connectivity index (χ1v) is 5.30. The molecular weight excluding hydrogens is 180 g/mol. The third-order valence-electron chi connectivity index (χ3n) is 2.48. The van der Waals surface area contributed by atoms with Gasteiger partial charge in [0, 0.05) is 26.1 Å². The van der Waals surface area contributed by atoms with Crippen molar-refractivity contribution in [2.45, 2.75) is 33.1 Å². The molecule has 0 spiro atoms. The molecule has 1 aliphatic rings. The van der Waals surface area contributed by atoms with E-state index in [1.807, 2.05) is 0 Å². The van der Waals surface area contributed by atoms with Crippen molar-refractivity contribution in [2.24, 2.45) is 0 Å². The van der Waals surface area contributed by atoms with Gasteiger partial charge in [-0.15, -0.1) is 0 Å². The lowest BCUT2D eigenvalue weighted by molar-refractivity contribution is -0.127. The highest BCUT2D eigenvalue weighted by Gasteiger charge is 2.31. The lowest BCUT2D eigenvalue weighted by Crippen LogP contribution is -2.36. The summed E-state index contributed by atoms with van der Waals surface area (Å²) in [4.78, 5) is 26.1. The van der Waals surface area contributed by atoms with Crippen LogP contribution in [0.1, 0.15) is 33.1 Å². The molecule has 1 fully saturated rings. The van der Waals surface area contributed by atoms with Crippen molar-refractivity contribution in [2.75, 3.05) is 19.6 Å². The van der Waals surface area contributed by atoms with E-state index >= 15 is 0 Å². The summed E-state index contributed by atoms with van der Waals surface area (Å²) >= 11 is 0. The van der Waals surface area contributed by atoms with Crippen LogP contribution in [0, 0.1) is 0 Å². The Balaban J connectivity index is 2.47. The number of rotatable bonds is 4. The van der Waals surface area contributed by atoms with Crippen LogP contribution < -0.4 is 0 Å². The minimum Gasteiger partial charge on any atom is -0.322 e. The number of hydrogen-bond donors (Lipinski definition) is 0. The second-order valence-corrected chi connectivity index (χ2v) is 3.52. The number of nitrogens with zero attached hydrogens (tertiary/aromatic N) is 2. The first-order chi connectivity index (χ1) is 6.70. The van der Waals surface area contributed by atoms with E-state index in [-0.39, 0.29) is 11.9 Å². The van der Waals surface area contributed by atoms with Crippen LogP contribution in [0.15, 0.2) is 0 Å². The van der Waals surface area contributed by atoms with E-state index in [1.165, 1.54) is 4.90 Å². The van der Waals surface area contributed by atoms with Gasteiger partial charge in [-0.3, -0.25) is 9.69 Å². The maximum atomic E-state index is 11.6. The molecule has 1 heterocycles. The minimum absolute atomic E-state index is 0.0611. The average molecular weight is 198 g/mol. The van der Waals surface area contributed by atoms with Gasteiger partial charge in [-0.2, -0.15) is 0 Å². The van der Waals surface area contributed by atoms with Crippen molar-refractivity contribution in [1.29, 1.82) is 0 Å². The summed E-state index contributed by atoms with van der Waals surface area (Å²) < 4.78 is 0. The highest BCUT2D eigenvalue weighted by atomic mass is 16.2. The Morgan fingerprint density at radius 2 is 2.07 bits per heavy atom. The third-order valence-corrected chi connectivity index (χ3v) is 2.48. The zero-order chi connectivity index (χ0) is 10.6. The summed E-state index contributed by atoms with van der Waals surface area (Å²) in [6.07, 6.45) is 2.50. The van der Waals surface area contributed by atoms with Gasteiger partial charge in [-0.1, -0.05) is 20.3 Å². The normalized spacial score (nSPS) is 16.6. The van der Waals surface area contributed by atoms with Gasteiger partial charge in [-0.05, 0) is 6.42 Å². The zero-order valence-corrected chi connectivity index (χ0v) is 8.95. The first-order valence-electron chi connectivity index (χ1n) is 5.30. The Labute approximate surface area is 84.9 Å². The molecule has 14 heavy (non-hydrogen) atoms. The number of amides is 3. The van der Waals surface area contributed by atoms with Crippen LogP contribution in [0.4, 0.5) is 4.79 Å². The quantitative estimate of drug-likeness (QED) is 0.686. The van der Waals surface area contributed by atoms with Gasteiger partial charge in [0.1, 0.15) is 0 Å². The third kappa shape index (κ3) is 2.25. The highest BCUT2D eigenvalue weighted by Crippen LogP contribution is 2.10. The Hall–Kier alpha value is -1.06. The molecule has 0 aliphatic carbocycles. The van der Waals surface area contributed by atoms with Crippen LogP contribution in [-0.4, -0.2) is 41.4 Å². The van der Waals surface area contributed by atoms with E-state index in [2.05, 4.69) is 6.92 Å². The van der Waals surface area contributed by atoms with Gasteiger partial charge in [0.15, 0.2) is 0 Å². The van der Waals surface area contributed by atoms with Gasteiger partial charge in [-0.25, -0.2) is 4.79 Å². The SMILES string of the molecule is CCCCN1CCN(C(=O)CC)C1=O. The van der Waals surface area contributed by atoms with Gasteiger partial charge >= 0.3 is 6.03 Å². The summed E-state index contributed by atoms with van der Waals surface area (Å²) in [6, 6.07) is -0.106. The van der Waals surface area contributed by atoms with Gasteiger partial charge in [0.2, 0.25) is 5.91 Å². The molecule has 0 aromatic heterocycles. The van der Waals surface area contributed by atoms with E-state index in [9.17, 15) is 9.59 Å². The number of carbonyl (C=O) groups excluding carboxylic acids is 2. The second kappa shape index (κ2) is 4.98. The standard InChI is InChI=1S/C10H18N2O2/c1-3-5-6-11-7-8-12(10(11)14)9(13)4-2/h3-8H2,1-2H3. The smallest absolute Gasteiger partial charge is 0.322 e. The van der Waals surface area contributed by atoms with Crippen molar-refractivity contribution in [1.82, 2.24) is 9.80 Å². The average Bonchev–Trinajstić information content (AvgIpc) is 2.56. The molecule has 0 bridgehead atoms. The molecular formula is C10H18N2O2. The van der Waals surface area contributed by atoms with Crippen LogP contribution in [0.2, 0.25) is 0 Å². The van der Waals surface area contributed by atoms with E-state index in [0.717, 1.165) is 19.4 Å². The van der Waals surface area contributed by atoms with Crippen molar-refractivity contribution >= 4 is 11.9 Å². The van der Waals surface area contributed by atoms with Crippen LogP contribution in [-0.2, 0) is 4.79 Å². The second-order valence-electron chi connectivity index (χ2n) is 3.52. The summed E-state index contributed by atoms with van der Waals surface area (Å²) in [5, 5.41) is 0. The maximum absolute atomic E-state index is 11.6. The number of unbranched alkanes of at least 4 members (excludes halogenated alkanes) is 1. The fourth-order valence-corrected chi connectivity index (χ4v) is 1.56. The number of carbonyl (C=O) groups is 2. The van der Waals surface area contributed by atoms with E-state index < -0.39 is 0 Å². The van der Waals surface area contributed by atoms with Crippen LogP contribution in [0.5, 0.6) is 0 Å². The molecule has 1 aliphatic heterocycles. The molecule has 0 N–H and O–H groups in total. The molecule has 1 rings (SSSR count). The topological polar surface area (TPSA) is 40.6 Å². The maximum Gasteiger partial charge on any atom is 0.326 e. The fraction of sp³-hybridized carbons (Fsp3) is 0.800. The predicted molar refractivity (Wildman–Crippen MR) is 53.9 cm³/mol. The molecule has 0 aromatic carbocycles. The Kier molecular flexibility index (Phi) is 3.92. The molecule has 1 saturated heterocycles. The van der Waals surface area contributed by atoms with Crippen LogP contribution in [0.3, 0.4) is 0 Å². The first kappa shape index (κ1) is 11.0. The molecule has 0 saturated carbocycles. The molecule has 4 nitrogen and oxygen atoms in total. The van der Waals surface area contributed by atoms with Crippen molar-refractivity contribution in [3.05, 3.63) is 0 Å². The lowest BCUT2D eigenvalue weighted by Gasteiger charge is -2.16. The van der Waals surface area contributed by atoms with Gasteiger partial charge in [0.05, 0.1) is 0 Å². The number of imide groups is 1. The monoisotopic (exact) mass is 198 g/mol. The van der Waals surface area contributed by atoms with E-state index in [4.69, 9.17) is 0 Å². The number of hydrogen-bond acceptors (Lipinski definition) is 2. The van der Waals surface area contributed by atoms with Gasteiger partial charge < -0.3 is 4.90 Å². The van der Waals surface area contributed by atoms with Crippen LogP contribution >= 0.6 is 0 Å². The summed E-state index contributed by atoms with van der Waals surface area (Å²) in [7, 11) is 0. The lowest BCUT2D eigenvalue weighted by atomic mass is 10.3. The fourth-order valence-electron chi connectivity index (χ4n) is 1.56. The highest BCUT2D eigenvalue weighted by molar-refractivity contribution is 5.95. The summed E-state index contributed by atoms with van der Waals surface area (Å²) in [6.45, 7) is 5.92. The number of urea groups is 1. The Morgan fingerprint density at radius 1 is 1.36 bits per heavy atom. The molecule has 0 aromatic rings. The molecule has 4 heteroatoms. The van der Waals surface area contributed by atoms with Gasteiger partial charge in [0.25, 0.3) is 0 Å². The van der Waals surface area contributed by atoms with E-state index in [1.54, 1.807) is 11.8 Å². The molecule has 0 radical (unpaired) electrons. The minimum atomic E-state index is -0.106. The van der Waals surface area contributed by atoms with Crippen molar-refractivity contribution < 1.29 is 9.59 Å². The summed E-state index contributed by atoms with van der Waals surface area (Å²) in [5.41, 5.74) is 0. The van der Waals surface area contributed by atoms with Crippen molar-refractivity contribution in [3.63, 3.8) is 0 Å². The Bertz CT molecular complexity index is 228. The van der Waals surface area contributed by atoms with Crippen LogP contribution in [0.25, 0.3) is 0 Å².